The number of ether oxygens (including phenoxy) is 2. The molecule has 0 spiro atoms. The highest BCUT2D eigenvalue weighted by molar-refractivity contribution is 5.48. The third-order valence-corrected chi connectivity index (χ3v) is 2.77. The molecule has 1 unspecified atom stereocenters. The first-order valence-electron chi connectivity index (χ1n) is 5.89. The van der Waals surface area contributed by atoms with Crippen LogP contribution in [0.15, 0.2) is 30.8 Å². The minimum atomic E-state index is -0.0721. The van der Waals surface area contributed by atoms with E-state index in [-0.39, 0.29) is 6.29 Å². The number of hydrogen-bond acceptors (Lipinski definition) is 2. The van der Waals surface area contributed by atoms with Gasteiger partial charge < -0.3 is 9.47 Å². The number of benzene rings is 1. The Morgan fingerprint density at radius 3 is 2.75 bits per heavy atom. The van der Waals surface area contributed by atoms with Crippen molar-refractivity contribution in [2.45, 2.75) is 32.0 Å². The molecule has 0 aliphatic carbocycles. The molecule has 2 rings (SSSR count). The predicted molar refractivity (Wildman–Crippen MR) is 65.4 cm³/mol. The molecule has 0 saturated carbocycles. The standard InChI is InChI=1S/C14H18O2/c1-2-12-7-9-13(10-8-12)16-14-6-4-3-5-11-15-14/h2,7-10,14H,1,3-6,11H2. The fourth-order valence-corrected chi connectivity index (χ4v) is 1.82. The average Bonchev–Trinajstić information content (AvgIpc) is 2.59. The summed E-state index contributed by atoms with van der Waals surface area (Å²) in [4.78, 5) is 0. The molecule has 2 nitrogen and oxygen atoms in total. The van der Waals surface area contributed by atoms with Gasteiger partial charge in [-0.1, -0.05) is 31.2 Å². The molecule has 0 N–H and O–H groups in total. The molecule has 1 aliphatic heterocycles. The second kappa shape index (κ2) is 5.71. The van der Waals surface area contributed by atoms with Gasteiger partial charge >= 0.3 is 0 Å². The molecular formula is C14H18O2. The van der Waals surface area contributed by atoms with Gasteiger partial charge in [0.25, 0.3) is 0 Å². The van der Waals surface area contributed by atoms with E-state index in [1.165, 1.54) is 12.8 Å². The van der Waals surface area contributed by atoms with Gasteiger partial charge in [-0.3, -0.25) is 0 Å². The molecule has 86 valence electrons. The minimum absolute atomic E-state index is 0.0721. The summed E-state index contributed by atoms with van der Waals surface area (Å²) in [5.74, 6) is 0.873. The average molecular weight is 218 g/mol. The van der Waals surface area contributed by atoms with Crippen molar-refractivity contribution < 1.29 is 9.47 Å². The van der Waals surface area contributed by atoms with Crippen LogP contribution in [0, 0.1) is 0 Å². The highest BCUT2D eigenvalue weighted by atomic mass is 16.7. The summed E-state index contributed by atoms with van der Waals surface area (Å²) in [5, 5.41) is 0. The highest BCUT2D eigenvalue weighted by Crippen LogP contribution is 2.19. The van der Waals surface area contributed by atoms with Gasteiger partial charge in [0.05, 0.1) is 6.61 Å². The smallest absolute Gasteiger partial charge is 0.199 e. The molecule has 1 aromatic rings. The zero-order valence-corrected chi connectivity index (χ0v) is 9.52. The van der Waals surface area contributed by atoms with Crippen LogP contribution in [0.5, 0.6) is 5.75 Å². The van der Waals surface area contributed by atoms with Crippen LogP contribution in [0.2, 0.25) is 0 Å². The molecule has 0 radical (unpaired) electrons. The van der Waals surface area contributed by atoms with Gasteiger partial charge in [0.15, 0.2) is 6.29 Å². The number of hydrogen-bond donors (Lipinski definition) is 0. The summed E-state index contributed by atoms with van der Waals surface area (Å²) >= 11 is 0. The quantitative estimate of drug-likeness (QED) is 0.771. The second-order valence-electron chi connectivity index (χ2n) is 4.04. The molecule has 0 bridgehead atoms. The Bertz CT molecular complexity index is 321. The van der Waals surface area contributed by atoms with E-state index in [4.69, 9.17) is 9.47 Å². The maximum absolute atomic E-state index is 5.78. The van der Waals surface area contributed by atoms with Gasteiger partial charge in [-0.2, -0.15) is 0 Å². The van der Waals surface area contributed by atoms with Gasteiger partial charge in [-0.05, 0) is 30.5 Å². The molecule has 0 amide bonds. The van der Waals surface area contributed by atoms with Gasteiger partial charge in [-0.25, -0.2) is 0 Å². The van der Waals surface area contributed by atoms with E-state index in [9.17, 15) is 0 Å². The largest absolute Gasteiger partial charge is 0.465 e. The molecule has 0 aromatic heterocycles. The monoisotopic (exact) mass is 218 g/mol. The zero-order chi connectivity index (χ0) is 11.2. The normalized spacial score (nSPS) is 21.1. The van der Waals surface area contributed by atoms with Crippen molar-refractivity contribution in [3.05, 3.63) is 36.4 Å². The van der Waals surface area contributed by atoms with Gasteiger partial charge in [0, 0.05) is 6.42 Å². The van der Waals surface area contributed by atoms with E-state index >= 15 is 0 Å². The lowest BCUT2D eigenvalue weighted by atomic mass is 10.2. The maximum Gasteiger partial charge on any atom is 0.199 e. The predicted octanol–water partition coefficient (Wildman–Crippen LogP) is 3.63. The summed E-state index contributed by atoms with van der Waals surface area (Å²) in [6, 6.07) is 7.93. The van der Waals surface area contributed by atoms with Crippen molar-refractivity contribution in [1.82, 2.24) is 0 Å². The van der Waals surface area contributed by atoms with Crippen molar-refractivity contribution in [1.29, 1.82) is 0 Å². The Morgan fingerprint density at radius 2 is 2.00 bits per heavy atom. The van der Waals surface area contributed by atoms with Crippen LogP contribution >= 0.6 is 0 Å². The molecule has 1 aliphatic rings. The van der Waals surface area contributed by atoms with Crippen molar-refractivity contribution in [3.63, 3.8) is 0 Å². The fourth-order valence-electron chi connectivity index (χ4n) is 1.82. The second-order valence-corrected chi connectivity index (χ2v) is 4.04. The van der Waals surface area contributed by atoms with Crippen molar-refractivity contribution in [2.24, 2.45) is 0 Å². The number of rotatable bonds is 3. The van der Waals surface area contributed by atoms with Gasteiger partial charge in [0.2, 0.25) is 0 Å². The molecule has 16 heavy (non-hydrogen) atoms. The first-order valence-corrected chi connectivity index (χ1v) is 5.89. The van der Waals surface area contributed by atoms with Gasteiger partial charge in [-0.15, -0.1) is 0 Å². The van der Waals surface area contributed by atoms with E-state index in [1.54, 1.807) is 0 Å². The summed E-state index contributed by atoms with van der Waals surface area (Å²) in [5.41, 5.74) is 1.11. The highest BCUT2D eigenvalue weighted by Gasteiger charge is 2.13. The molecular weight excluding hydrogens is 200 g/mol. The molecule has 1 atom stereocenters. The Kier molecular flexibility index (Phi) is 4.00. The molecule has 2 heteroatoms. The summed E-state index contributed by atoms with van der Waals surface area (Å²) in [6.45, 7) is 4.54. The SMILES string of the molecule is C=Cc1ccc(OC2CCCCCO2)cc1. The lowest BCUT2D eigenvalue weighted by molar-refractivity contribution is -0.0768. The van der Waals surface area contributed by atoms with Crippen LogP contribution in [0.1, 0.15) is 31.2 Å². The summed E-state index contributed by atoms with van der Waals surface area (Å²) in [7, 11) is 0. The molecule has 1 heterocycles. The first kappa shape index (κ1) is 11.2. The molecule has 1 fully saturated rings. The van der Waals surface area contributed by atoms with Crippen LogP contribution in [0.25, 0.3) is 6.08 Å². The zero-order valence-electron chi connectivity index (χ0n) is 9.52. The Balaban J connectivity index is 1.93. The third kappa shape index (κ3) is 3.11. The van der Waals surface area contributed by atoms with E-state index in [0.717, 1.165) is 30.8 Å². The van der Waals surface area contributed by atoms with Crippen LogP contribution in [0.3, 0.4) is 0 Å². The van der Waals surface area contributed by atoms with Crippen molar-refractivity contribution in [2.75, 3.05) is 6.61 Å². The van der Waals surface area contributed by atoms with Crippen molar-refractivity contribution in [3.8, 4) is 5.75 Å². The van der Waals surface area contributed by atoms with E-state index in [1.807, 2.05) is 30.3 Å². The van der Waals surface area contributed by atoms with Crippen LogP contribution in [-0.4, -0.2) is 12.9 Å². The van der Waals surface area contributed by atoms with Crippen LogP contribution in [-0.2, 0) is 4.74 Å². The van der Waals surface area contributed by atoms with Crippen LogP contribution in [0.4, 0.5) is 0 Å². The summed E-state index contributed by atoms with van der Waals surface area (Å²) in [6.07, 6.45) is 6.33. The van der Waals surface area contributed by atoms with Crippen molar-refractivity contribution >= 4 is 6.08 Å². The lowest BCUT2D eigenvalue weighted by Gasteiger charge is -2.17. The Labute approximate surface area is 96.9 Å². The van der Waals surface area contributed by atoms with E-state index in [2.05, 4.69) is 6.58 Å². The Morgan fingerprint density at radius 1 is 1.19 bits per heavy atom. The lowest BCUT2D eigenvalue weighted by Crippen LogP contribution is -2.19. The summed E-state index contributed by atoms with van der Waals surface area (Å²) < 4.78 is 11.4. The third-order valence-electron chi connectivity index (χ3n) is 2.77. The topological polar surface area (TPSA) is 18.5 Å². The van der Waals surface area contributed by atoms with Crippen LogP contribution < -0.4 is 4.74 Å². The maximum atomic E-state index is 5.78. The molecule has 1 saturated heterocycles. The van der Waals surface area contributed by atoms with E-state index in [0.29, 0.717) is 0 Å². The fraction of sp³-hybridized carbons (Fsp3) is 0.429. The van der Waals surface area contributed by atoms with E-state index < -0.39 is 0 Å². The molecule has 1 aromatic carbocycles. The van der Waals surface area contributed by atoms with Gasteiger partial charge in [0.1, 0.15) is 5.75 Å². The Hall–Kier alpha value is -1.28. The first-order chi connectivity index (χ1) is 7.88. The minimum Gasteiger partial charge on any atom is -0.465 e.